The van der Waals surface area contributed by atoms with Crippen LogP contribution in [0.1, 0.15) is 40.5 Å². The van der Waals surface area contributed by atoms with Crippen LogP contribution in [0.5, 0.6) is 0 Å². The summed E-state index contributed by atoms with van der Waals surface area (Å²) in [5.74, 6) is -0.169. The monoisotopic (exact) mass is 255 g/mol. The first kappa shape index (κ1) is 13.8. The van der Waals surface area contributed by atoms with Gasteiger partial charge in [0.1, 0.15) is 6.04 Å². The molecule has 1 aliphatic carbocycles. The molecule has 0 aromatic carbocycles. The van der Waals surface area contributed by atoms with E-state index in [9.17, 15) is 9.90 Å². The van der Waals surface area contributed by atoms with E-state index in [1.165, 1.54) is 0 Å². The number of carboxylic acid groups (broad SMARTS) is 1. The molecule has 1 saturated heterocycles. The topological polar surface area (TPSA) is 58.6 Å². The van der Waals surface area contributed by atoms with Crippen LogP contribution >= 0.6 is 0 Å². The highest BCUT2D eigenvalue weighted by atomic mass is 16.5. The van der Waals surface area contributed by atoms with Crippen molar-refractivity contribution in [3.63, 3.8) is 0 Å². The van der Waals surface area contributed by atoms with Gasteiger partial charge in [0, 0.05) is 24.0 Å². The Morgan fingerprint density at radius 3 is 2.67 bits per heavy atom. The first-order chi connectivity index (χ1) is 8.35. The minimum Gasteiger partial charge on any atom is -0.480 e. The van der Waals surface area contributed by atoms with Gasteiger partial charge in [-0.25, -0.2) is 0 Å². The van der Waals surface area contributed by atoms with Crippen molar-refractivity contribution >= 4 is 5.97 Å². The zero-order chi connectivity index (χ0) is 13.5. The average molecular weight is 255 g/mol. The van der Waals surface area contributed by atoms with E-state index in [0.717, 1.165) is 19.4 Å². The lowest BCUT2D eigenvalue weighted by molar-refractivity contribution is -0.196. The van der Waals surface area contributed by atoms with Crippen molar-refractivity contribution in [1.29, 1.82) is 0 Å². The molecule has 2 fully saturated rings. The summed E-state index contributed by atoms with van der Waals surface area (Å²) in [6.45, 7) is 9.11. The highest BCUT2D eigenvalue weighted by molar-refractivity contribution is 5.73. The SMILES string of the molecule is CC(C)C(NC1C2CCCOC2C1(C)C)C(=O)O. The molecule has 2 aliphatic rings. The number of ether oxygens (including phenoxy) is 1. The Morgan fingerprint density at radius 2 is 2.11 bits per heavy atom. The van der Waals surface area contributed by atoms with Crippen LogP contribution < -0.4 is 5.32 Å². The maximum atomic E-state index is 11.3. The van der Waals surface area contributed by atoms with Crippen LogP contribution in [0.15, 0.2) is 0 Å². The van der Waals surface area contributed by atoms with Crippen molar-refractivity contribution in [3.05, 3.63) is 0 Å². The van der Waals surface area contributed by atoms with E-state index < -0.39 is 12.0 Å². The number of fused-ring (bicyclic) bond motifs is 1. The quantitative estimate of drug-likeness (QED) is 0.805. The summed E-state index contributed by atoms with van der Waals surface area (Å²) in [6.07, 6.45) is 2.54. The highest BCUT2D eigenvalue weighted by Crippen LogP contribution is 2.51. The van der Waals surface area contributed by atoms with Crippen molar-refractivity contribution in [2.45, 2.75) is 58.7 Å². The van der Waals surface area contributed by atoms with Crippen LogP contribution in [0.3, 0.4) is 0 Å². The van der Waals surface area contributed by atoms with Gasteiger partial charge < -0.3 is 15.2 Å². The summed E-state index contributed by atoms with van der Waals surface area (Å²) in [5.41, 5.74) is 0.0354. The predicted octanol–water partition coefficient (Wildman–Crippen LogP) is 1.89. The fourth-order valence-electron chi connectivity index (χ4n) is 3.60. The summed E-state index contributed by atoms with van der Waals surface area (Å²) in [7, 11) is 0. The maximum absolute atomic E-state index is 11.3. The fourth-order valence-corrected chi connectivity index (χ4v) is 3.60. The summed E-state index contributed by atoms with van der Waals surface area (Å²) in [5, 5.41) is 12.6. The van der Waals surface area contributed by atoms with Crippen LogP contribution in [-0.2, 0) is 9.53 Å². The third kappa shape index (κ3) is 2.16. The van der Waals surface area contributed by atoms with Crippen molar-refractivity contribution in [3.8, 4) is 0 Å². The van der Waals surface area contributed by atoms with Gasteiger partial charge in [-0.3, -0.25) is 4.79 Å². The lowest BCUT2D eigenvalue weighted by Crippen LogP contribution is -2.71. The van der Waals surface area contributed by atoms with Gasteiger partial charge in [-0.1, -0.05) is 27.7 Å². The van der Waals surface area contributed by atoms with Crippen LogP contribution in [0.2, 0.25) is 0 Å². The third-order valence-corrected chi connectivity index (χ3v) is 4.62. The van der Waals surface area contributed by atoms with E-state index in [2.05, 4.69) is 19.2 Å². The summed E-state index contributed by atoms with van der Waals surface area (Å²) in [6, 6.07) is -0.205. The molecule has 0 bridgehead atoms. The fraction of sp³-hybridized carbons (Fsp3) is 0.929. The second-order valence-electron chi connectivity index (χ2n) is 6.62. The van der Waals surface area contributed by atoms with Crippen molar-refractivity contribution < 1.29 is 14.6 Å². The van der Waals surface area contributed by atoms with Gasteiger partial charge in [0.25, 0.3) is 0 Å². The molecule has 1 saturated carbocycles. The van der Waals surface area contributed by atoms with Gasteiger partial charge in [0.15, 0.2) is 0 Å². The second-order valence-corrected chi connectivity index (χ2v) is 6.62. The Hall–Kier alpha value is -0.610. The number of carboxylic acids is 1. The van der Waals surface area contributed by atoms with Crippen molar-refractivity contribution in [2.75, 3.05) is 6.61 Å². The van der Waals surface area contributed by atoms with Gasteiger partial charge in [0.05, 0.1) is 6.10 Å². The molecule has 104 valence electrons. The van der Waals surface area contributed by atoms with E-state index in [0.29, 0.717) is 12.0 Å². The summed E-state index contributed by atoms with van der Waals surface area (Å²) < 4.78 is 5.84. The van der Waals surface area contributed by atoms with Gasteiger partial charge in [0.2, 0.25) is 0 Å². The Kier molecular flexibility index (Phi) is 3.70. The van der Waals surface area contributed by atoms with Gasteiger partial charge in [-0.05, 0) is 18.8 Å². The molecular formula is C14H25NO3. The predicted molar refractivity (Wildman–Crippen MR) is 69.4 cm³/mol. The van der Waals surface area contributed by atoms with Gasteiger partial charge in [-0.2, -0.15) is 0 Å². The van der Waals surface area contributed by atoms with Gasteiger partial charge in [-0.15, -0.1) is 0 Å². The van der Waals surface area contributed by atoms with E-state index in [1.54, 1.807) is 0 Å². The zero-order valence-electron chi connectivity index (χ0n) is 11.8. The molecule has 1 heterocycles. The smallest absolute Gasteiger partial charge is 0.320 e. The maximum Gasteiger partial charge on any atom is 0.320 e. The standard InChI is InChI=1S/C14H25NO3/c1-8(2)10(13(16)17)15-11-9-6-5-7-18-12(9)14(11,3)4/h8-12,15H,5-7H2,1-4H3,(H,16,17). The second kappa shape index (κ2) is 4.82. The summed E-state index contributed by atoms with van der Waals surface area (Å²) in [4.78, 5) is 11.3. The minimum absolute atomic E-state index is 0.0354. The van der Waals surface area contributed by atoms with E-state index >= 15 is 0 Å². The molecule has 4 atom stereocenters. The van der Waals surface area contributed by atoms with E-state index in [4.69, 9.17) is 4.74 Å². The molecule has 0 aromatic heterocycles. The molecule has 2 rings (SSSR count). The van der Waals surface area contributed by atoms with Crippen molar-refractivity contribution in [1.82, 2.24) is 5.32 Å². The minimum atomic E-state index is -0.749. The van der Waals surface area contributed by atoms with Crippen molar-refractivity contribution in [2.24, 2.45) is 17.3 Å². The molecule has 2 N–H and O–H groups in total. The molecule has 4 heteroatoms. The lowest BCUT2D eigenvalue weighted by Gasteiger charge is -2.60. The van der Waals surface area contributed by atoms with Crippen LogP contribution in [0.25, 0.3) is 0 Å². The Morgan fingerprint density at radius 1 is 1.44 bits per heavy atom. The van der Waals surface area contributed by atoms with Gasteiger partial charge >= 0.3 is 5.97 Å². The first-order valence-electron chi connectivity index (χ1n) is 6.96. The third-order valence-electron chi connectivity index (χ3n) is 4.62. The normalized spacial score (nSPS) is 35.7. The molecule has 0 aromatic rings. The Bertz CT molecular complexity index is 327. The summed E-state index contributed by atoms with van der Waals surface area (Å²) >= 11 is 0. The number of hydrogen-bond donors (Lipinski definition) is 2. The number of carbonyl (C=O) groups is 1. The molecule has 4 unspecified atom stereocenters. The Balaban J connectivity index is 2.06. The highest BCUT2D eigenvalue weighted by Gasteiger charge is 2.58. The van der Waals surface area contributed by atoms with E-state index in [-0.39, 0.29) is 17.4 Å². The number of nitrogens with one attached hydrogen (secondary N) is 1. The van der Waals surface area contributed by atoms with Crippen LogP contribution in [0, 0.1) is 17.3 Å². The lowest BCUT2D eigenvalue weighted by atomic mass is 9.55. The molecule has 4 nitrogen and oxygen atoms in total. The number of rotatable bonds is 4. The molecule has 0 spiro atoms. The first-order valence-corrected chi connectivity index (χ1v) is 6.96. The molecule has 0 amide bonds. The molecule has 0 radical (unpaired) electrons. The zero-order valence-corrected chi connectivity index (χ0v) is 11.8. The number of hydrogen-bond acceptors (Lipinski definition) is 3. The molecule has 18 heavy (non-hydrogen) atoms. The van der Waals surface area contributed by atoms with Crippen LogP contribution in [0.4, 0.5) is 0 Å². The van der Waals surface area contributed by atoms with Crippen LogP contribution in [-0.4, -0.2) is 35.9 Å². The van der Waals surface area contributed by atoms with E-state index in [1.807, 2.05) is 13.8 Å². The average Bonchev–Trinajstić information content (AvgIpc) is 2.28. The number of aliphatic carboxylic acids is 1. The molecular weight excluding hydrogens is 230 g/mol. The molecule has 1 aliphatic heterocycles. The Labute approximate surface area is 109 Å². The largest absolute Gasteiger partial charge is 0.480 e.